The molecule has 0 bridgehead atoms. The Morgan fingerprint density at radius 1 is 1.50 bits per heavy atom. The van der Waals surface area contributed by atoms with Crippen LogP contribution in [0.2, 0.25) is 0 Å². The van der Waals surface area contributed by atoms with Gasteiger partial charge in [-0.05, 0) is 32.2 Å². The van der Waals surface area contributed by atoms with Crippen molar-refractivity contribution in [2.45, 2.75) is 38.3 Å². The summed E-state index contributed by atoms with van der Waals surface area (Å²) in [5.74, 6) is 0.613. The molecule has 0 aliphatic carbocycles. The summed E-state index contributed by atoms with van der Waals surface area (Å²) in [6.45, 7) is 5.51. The monoisotopic (exact) mass is 315 g/mol. The van der Waals surface area contributed by atoms with Crippen molar-refractivity contribution < 1.29 is 12.9 Å². The molecule has 6 nitrogen and oxygen atoms in total. The molecule has 0 aliphatic heterocycles. The van der Waals surface area contributed by atoms with Crippen molar-refractivity contribution in [3.63, 3.8) is 0 Å². The van der Waals surface area contributed by atoms with Gasteiger partial charge in [-0.2, -0.15) is 0 Å². The lowest BCUT2D eigenvalue weighted by Gasteiger charge is -2.14. The molecule has 2 aromatic heterocycles. The van der Waals surface area contributed by atoms with Crippen molar-refractivity contribution in [1.29, 1.82) is 0 Å². The predicted octanol–water partition coefficient (Wildman–Crippen LogP) is 1.85. The molecular weight excluding hydrogens is 298 g/mol. The van der Waals surface area contributed by atoms with Gasteiger partial charge < -0.3 is 10.3 Å². The molecule has 0 aromatic carbocycles. The van der Waals surface area contributed by atoms with Crippen molar-refractivity contribution in [1.82, 2.24) is 9.88 Å². The van der Waals surface area contributed by atoms with Crippen LogP contribution in [0.1, 0.15) is 34.9 Å². The van der Waals surface area contributed by atoms with Crippen LogP contribution >= 0.6 is 11.3 Å². The average molecular weight is 315 g/mol. The molecule has 0 saturated heterocycles. The lowest BCUT2D eigenvalue weighted by molar-refractivity contribution is 0.391. The molecule has 8 heteroatoms. The van der Waals surface area contributed by atoms with Gasteiger partial charge in [0.15, 0.2) is 0 Å². The molecule has 3 N–H and O–H groups in total. The second kappa shape index (κ2) is 5.65. The third-order valence-electron chi connectivity index (χ3n) is 3.03. The maximum absolute atomic E-state index is 12.4. The van der Waals surface area contributed by atoms with E-state index in [1.807, 2.05) is 0 Å². The van der Waals surface area contributed by atoms with Crippen LogP contribution in [0.25, 0.3) is 0 Å². The van der Waals surface area contributed by atoms with E-state index >= 15 is 0 Å². The van der Waals surface area contributed by atoms with Crippen LogP contribution in [0.15, 0.2) is 20.9 Å². The fourth-order valence-corrected chi connectivity index (χ4v) is 4.73. The minimum atomic E-state index is -3.61. The van der Waals surface area contributed by atoms with Crippen LogP contribution in [0, 0.1) is 13.8 Å². The fourth-order valence-electron chi connectivity index (χ4n) is 2.18. The minimum Gasteiger partial charge on any atom is -0.361 e. The Bertz CT molecular complexity index is 684. The van der Waals surface area contributed by atoms with Gasteiger partial charge in [-0.15, -0.1) is 11.3 Å². The molecule has 20 heavy (non-hydrogen) atoms. The van der Waals surface area contributed by atoms with Crippen molar-refractivity contribution in [3.8, 4) is 0 Å². The number of nitrogens with two attached hydrogens (primary N) is 1. The van der Waals surface area contributed by atoms with Crippen LogP contribution < -0.4 is 10.5 Å². The molecule has 0 aliphatic rings. The number of rotatable bonds is 5. The van der Waals surface area contributed by atoms with Gasteiger partial charge >= 0.3 is 0 Å². The molecule has 0 amide bonds. The Hall–Kier alpha value is -1.22. The smallest absolute Gasteiger partial charge is 0.242 e. The number of hydrogen-bond acceptors (Lipinski definition) is 6. The SMILES string of the molecule is Cc1noc(C)c1C(C)NS(=O)(=O)c1ccsc1CN. The van der Waals surface area contributed by atoms with Crippen molar-refractivity contribution in [2.24, 2.45) is 5.73 Å². The summed E-state index contributed by atoms with van der Waals surface area (Å²) in [7, 11) is -3.61. The largest absolute Gasteiger partial charge is 0.361 e. The van der Waals surface area contributed by atoms with Crippen molar-refractivity contribution in [3.05, 3.63) is 33.3 Å². The van der Waals surface area contributed by atoms with Gasteiger partial charge in [-0.3, -0.25) is 0 Å². The van der Waals surface area contributed by atoms with Crippen LogP contribution in [0.4, 0.5) is 0 Å². The van der Waals surface area contributed by atoms with E-state index in [1.165, 1.54) is 11.3 Å². The van der Waals surface area contributed by atoms with Crippen LogP contribution in [-0.4, -0.2) is 13.6 Å². The number of nitrogens with one attached hydrogen (secondary N) is 1. The van der Waals surface area contributed by atoms with Crippen molar-refractivity contribution >= 4 is 21.4 Å². The summed E-state index contributed by atoms with van der Waals surface area (Å²) in [6, 6.07) is 1.15. The quantitative estimate of drug-likeness (QED) is 0.877. The summed E-state index contributed by atoms with van der Waals surface area (Å²) >= 11 is 1.33. The van der Waals surface area contributed by atoms with Gasteiger partial charge in [-0.25, -0.2) is 13.1 Å². The Labute approximate surface area is 122 Å². The second-order valence-corrected chi connectivity index (χ2v) is 7.18. The number of aromatic nitrogens is 1. The van der Waals surface area contributed by atoms with Gasteiger partial charge in [0.2, 0.25) is 10.0 Å². The number of sulfonamides is 1. The third-order valence-corrected chi connectivity index (χ3v) is 5.73. The summed E-state index contributed by atoms with van der Waals surface area (Å²) in [5, 5.41) is 5.56. The van der Waals surface area contributed by atoms with Crippen LogP contribution in [0.3, 0.4) is 0 Å². The molecule has 1 atom stereocenters. The van der Waals surface area contributed by atoms with Gasteiger partial charge in [0.05, 0.1) is 10.6 Å². The highest BCUT2D eigenvalue weighted by Gasteiger charge is 2.25. The standard InChI is InChI=1S/C12H17N3O3S2/c1-7-12(9(3)18-14-7)8(2)15-20(16,17)11-4-5-19-10(11)6-13/h4-5,8,15H,6,13H2,1-3H3. The highest BCUT2D eigenvalue weighted by atomic mass is 32.2. The highest BCUT2D eigenvalue weighted by molar-refractivity contribution is 7.89. The predicted molar refractivity (Wildman–Crippen MR) is 76.9 cm³/mol. The number of hydrogen-bond donors (Lipinski definition) is 2. The van der Waals surface area contributed by atoms with E-state index < -0.39 is 16.1 Å². The Morgan fingerprint density at radius 3 is 2.75 bits per heavy atom. The second-order valence-electron chi connectivity index (χ2n) is 4.49. The molecule has 2 heterocycles. The zero-order valence-electron chi connectivity index (χ0n) is 11.5. The Kier molecular flexibility index (Phi) is 4.28. The van der Waals surface area contributed by atoms with Gasteiger partial charge in [0, 0.05) is 23.0 Å². The first-order chi connectivity index (χ1) is 9.36. The fraction of sp³-hybridized carbons (Fsp3) is 0.417. The average Bonchev–Trinajstić information content (AvgIpc) is 2.95. The first-order valence-electron chi connectivity index (χ1n) is 6.08. The first-order valence-corrected chi connectivity index (χ1v) is 8.44. The zero-order valence-corrected chi connectivity index (χ0v) is 13.1. The van der Waals surface area contributed by atoms with Gasteiger partial charge in [-0.1, -0.05) is 5.16 Å². The topological polar surface area (TPSA) is 98.2 Å². The van der Waals surface area contributed by atoms with E-state index in [-0.39, 0.29) is 11.4 Å². The normalized spacial score (nSPS) is 13.6. The zero-order chi connectivity index (χ0) is 14.9. The maximum Gasteiger partial charge on any atom is 0.242 e. The third kappa shape index (κ3) is 2.78. The van der Waals surface area contributed by atoms with Crippen LogP contribution in [0.5, 0.6) is 0 Å². The number of nitrogens with zero attached hydrogens (tertiary/aromatic N) is 1. The van der Waals surface area contributed by atoms with E-state index in [4.69, 9.17) is 10.3 Å². The molecule has 2 aromatic rings. The molecule has 0 spiro atoms. The maximum atomic E-state index is 12.4. The summed E-state index contributed by atoms with van der Waals surface area (Å²) in [6.07, 6.45) is 0. The summed E-state index contributed by atoms with van der Waals surface area (Å²) in [5.41, 5.74) is 7.00. The summed E-state index contributed by atoms with van der Waals surface area (Å²) < 4.78 is 32.5. The van der Waals surface area contributed by atoms with Crippen molar-refractivity contribution in [2.75, 3.05) is 0 Å². The molecule has 0 saturated carbocycles. The molecule has 2 rings (SSSR count). The van der Waals surface area contributed by atoms with E-state index in [2.05, 4.69) is 9.88 Å². The molecular formula is C12H17N3O3S2. The highest BCUT2D eigenvalue weighted by Crippen LogP contribution is 2.26. The summed E-state index contributed by atoms with van der Waals surface area (Å²) in [4.78, 5) is 0.882. The number of thiophene rings is 1. The molecule has 110 valence electrons. The van der Waals surface area contributed by atoms with Gasteiger partial charge in [0.1, 0.15) is 5.76 Å². The number of aryl methyl sites for hydroxylation is 2. The lowest BCUT2D eigenvalue weighted by Crippen LogP contribution is -2.28. The van der Waals surface area contributed by atoms with E-state index in [0.29, 0.717) is 16.3 Å². The van der Waals surface area contributed by atoms with Crippen LogP contribution in [-0.2, 0) is 16.6 Å². The van der Waals surface area contributed by atoms with E-state index in [1.54, 1.807) is 32.2 Å². The molecule has 0 fully saturated rings. The van der Waals surface area contributed by atoms with E-state index in [0.717, 1.165) is 5.56 Å². The molecule has 0 radical (unpaired) electrons. The first kappa shape index (κ1) is 15.2. The Balaban J connectivity index is 2.29. The lowest BCUT2D eigenvalue weighted by atomic mass is 10.1. The molecule has 1 unspecified atom stereocenters. The Morgan fingerprint density at radius 2 is 2.20 bits per heavy atom. The minimum absolute atomic E-state index is 0.202. The van der Waals surface area contributed by atoms with Gasteiger partial charge in [0.25, 0.3) is 0 Å². The van der Waals surface area contributed by atoms with E-state index in [9.17, 15) is 8.42 Å².